The highest BCUT2D eigenvalue weighted by molar-refractivity contribution is 5.96. The van der Waals surface area contributed by atoms with Crippen molar-refractivity contribution in [2.24, 2.45) is 17.8 Å². The lowest BCUT2D eigenvalue weighted by Gasteiger charge is -2.36. The van der Waals surface area contributed by atoms with Crippen LogP contribution in [0.5, 0.6) is 0 Å². The highest BCUT2D eigenvalue weighted by atomic mass is 16.6. The lowest BCUT2D eigenvalue weighted by Crippen LogP contribution is -2.63. The van der Waals surface area contributed by atoms with Gasteiger partial charge in [0.2, 0.25) is 29.5 Å². The van der Waals surface area contributed by atoms with E-state index in [1.807, 2.05) is 19.9 Å². The Morgan fingerprint density at radius 1 is 0.812 bits per heavy atom. The zero-order valence-electron chi connectivity index (χ0n) is 39.7. The van der Waals surface area contributed by atoms with Crippen molar-refractivity contribution in [1.82, 2.24) is 36.8 Å². The van der Waals surface area contributed by atoms with E-state index in [1.165, 1.54) is 4.90 Å². The molecule has 7 amide bonds. The van der Waals surface area contributed by atoms with Gasteiger partial charge in [0, 0.05) is 13.1 Å². The zero-order valence-corrected chi connectivity index (χ0v) is 39.7. The second-order valence-electron chi connectivity index (χ2n) is 18.8. The molecule has 0 spiro atoms. The number of nitrogens with zero attached hydrogens (tertiary/aromatic N) is 1. The van der Waals surface area contributed by atoms with Crippen LogP contribution in [0.15, 0.2) is 30.3 Å². The van der Waals surface area contributed by atoms with Gasteiger partial charge in [0.1, 0.15) is 36.4 Å². The summed E-state index contributed by atoms with van der Waals surface area (Å²) >= 11 is 0. The van der Waals surface area contributed by atoms with E-state index in [4.69, 9.17) is 14.2 Å². The third-order valence-electron chi connectivity index (χ3n) is 11.5. The minimum absolute atomic E-state index is 0.00831. The Labute approximate surface area is 380 Å². The zero-order chi connectivity index (χ0) is 47.4. The number of benzene rings is 1. The van der Waals surface area contributed by atoms with Crippen LogP contribution >= 0.6 is 0 Å². The Bertz CT molecular complexity index is 1670. The molecule has 2 aliphatic rings. The number of rotatable bonds is 14. The van der Waals surface area contributed by atoms with Crippen LogP contribution in [-0.2, 0) is 44.8 Å². The molecule has 1 aromatic carbocycles. The lowest BCUT2D eigenvalue weighted by atomic mass is 9.83. The van der Waals surface area contributed by atoms with Crippen molar-refractivity contribution in [3.05, 3.63) is 35.9 Å². The molecule has 2 fully saturated rings. The molecule has 0 bridgehead atoms. The summed E-state index contributed by atoms with van der Waals surface area (Å²) in [5.41, 5.74) is -0.124. The molecule has 17 heteroatoms. The van der Waals surface area contributed by atoms with Gasteiger partial charge in [0.05, 0.1) is 31.7 Å². The molecule has 1 aromatic rings. The fourth-order valence-electron chi connectivity index (χ4n) is 7.95. The van der Waals surface area contributed by atoms with Gasteiger partial charge in [-0.25, -0.2) is 9.59 Å². The first-order valence-corrected chi connectivity index (χ1v) is 23.3. The van der Waals surface area contributed by atoms with Gasteiger partial charge in [-0.1, -0.05) is 103 Å². The molecule has 64 heavy (non-hydrogen) atoms. The molecular weight excluding hydrogens is 823 g/mol. The maximum absolute atomic E-state index is 14.6. The molecule has 0 aromatic heterocycles. The lowest BCUT2D eigenvalue weighted by molar-refractivity contribution is -0.147. The summed E-state index contributed by atoms with van der Waals surface area (Å²) in [6.07, 6.45) is 6.33. The molecule has 360 valence electrons. The number of amides is 7. The van der Waals surface area contributed by atoms with E-state index in [-0.39, 0.29) is 31.0 Å². The van der Waals surface area contributed by atoms with Gasteiger partial charge in [0.25, 0.3) is 0 Å². The number of carbonyl (C=O) groups is 7. The number of nitrogens with one attached hydrogen (secondary N) is 6. The van der Waals surface area contributed by atoms with Crippen molar-refractivity contribution in [3.63, 3.8) is 0 Å². The van der Waals surface area contributed by atoms with Crippen molar-refractivity contribution in [1.29, 1.82) is 0 Å². The van der Waals surface area contributed by atoms with Crippen LogP contribution < -0.4 is 31.9 Å². The monoisotopic (exact) mass is 900 g/mol. The number of hydrogen-bond acceptors (Lipinski definition) is 10. The smallest absolute Gasteiger partial charge is 0.407 e. The minimum Gasteiger partial charge on any atom is -0.445 e. The van der Waals surface area contributed by atoms with Gasteiger partial charge in [0.15, 0.2) is 0 Å². The first-order chi connectivity index (χ1) is 30.3. The third-order valence-corrected chi connectivity index (χ3v) is 11.5. The summed E-state index contributed by atoms with van der Waals surface area (Å²) in [5, 5.41) is 16.4. The van der Waals surface area contributed by atoms with E-state index < -0.39 is 96.7 Å². The second kappa shape index (κ2) is 26.8. The Morgan fingerprint density at radius 2 is 1.42 bits per heavy atom. The van der Waals surface area contributed by atoms with E-state index in [2.05, 4.69) is 38.8 Å². The first kappa shape index (κ1) is 53.4. The topological polar surface area (TPSA) is 223 Å². The summed E-state index contributed by atoms with van der Waals surface area (Å²) < 4.78 is 17.2. The summed E-state index contributed by atoms with van der Waals surface area (Å²) in [6, 6.07) is 3.47. The quantitative estimate of drug-likeness (QED) is 0.139. The maximum atomic E-state index is 14.6. The number of unbranched alkanes of at least 4 members (excludes halogenated alkanes) is 3. The molecule has 1 saturated carbocycles. The minimum atomic E-state index is -1.48. The van der Waals surface area contributed by atoms with Crippen LogP contribution in [-0.4, -0.2) is 115 Å². The number of carbonyl (C=O) groups excluding carboxylic acids is 7. The highest BCUT2D eigenvalue weighted by Crippen LogP contribution is 2.28. The molecular formula is C47H77N7O10. The van der Waals surface area contributed by atoms with E-state index in [0.717, 1.165) is 50.5 Å². The van der Waals surface area contributed by atoms with Gasteiger partial charge in [-0.2, -0.15) is 0 Å². The molecule has 3 rings (SSSR count). The van der Waals surface area contributed by atoms with Crippen molar-refractivity contribution in [2.45, 2.75) is 175 Å². The van der Waals surface area contributed by atoms with Crippen LogP contribution in [0.3, 0.4) is 0 Å². The standard InChI is InChI=1S/C47H77N7O10/c1-10-11-12-19-24-38-32(5)44(59)54(9)37(25-30(2)3)42(57)53-39(34-22-17-14-18-23-34)43(58)52-36(26-48-45(60)63-29-33-20-15-13-16-21-33)41(56)51-35(40(55)50-31(4)28-62-38)27-49-46(61)64-47(6,7)8/h13,15-16,20-21,30-32,34-39H,10-12,14,17-19,22-29H2,1-9H3,(H,48,60)(H,49,61)(H,50,55)(H,51,56)(H,52,58)(H,53,57)/t31-,32-,35+,36+,37+,38-,39+/m1/s1. The average molecular weight is 900 g/mol. The van der Waals surface area contributed by atoms with Crippen LogP contribution in [0.2, 0.25) is 0 Å². The fourth-order valence-corrected chi connectivity index (χ4v) is 7.95. The molecule has 0 unspecified atom stereocenters. The van der Waals surface area contributed by atoms with E-state index in [9.17, 15) is 33.6 Å². The Morgan fingerprint density at radius 3 is 2.03 bits per heavy atom. The van der Waals surface area contributed by atoms with Crippen LogP contribution in [0.4, 0.5) is 9.59 Å². The molecule has 7 atom stereocenters. The molecule has 0 radical (unpaired) electrons. The fraction of sp³-hybridized carbons (Fsp3) is 0.723. The van der Waals surface area contributed by atoms with Gasteiger partial charge in [-0.3, -0.25) is 24.0 Å². The van der Waals surface area contributed by atoms with Gasteiger partial charge in [-0.15, -0.1) is 0 Å². The Balaban J connectivity index is 2.07. The summed E-state index contributed by atoms with van der Waals surface area (Å²) in [4.78, 5) is 99.0. The summed E-state index contributed by atoms with van der Waals surface area (Å²) in [6.45, 7) is 13.7. The van der Waals surface area contributed by atoms with E-state index in [1.54, 1.807) is 65.9 Å². The Hall–Kier alpha value is -4.93. The third kappa shape index (κ3) is 18.7. The molecule has 1 aliphatic heterocycles. The number of ether oxygens (including phenoxy) is 3. The summed E-state index contributed by atoms with van der Waals surface area (Å²) in [5.74, 6) is -3.94. The van der Waals surface area contributed by atoms with Gasteiger partial charge in [-0.05, 0) is 70.8 Å². The maximum Gasteiger partial charge on any atom is 0.407 e. The second-order valence-corrected chi connectivity index (χ2v) is 18.8. The molecule has 17 nitrogen and oxygen atoms in total. The molecule has 1 heterocycles. The summed E-state index contributed by atoms with van der Waals surface area (Å²) in [7, 11) is 1.61. The average Bonchev–Trinajstić information content (AvgIpc) is 3.25. The highest BCUT2D eigenvalue weighted by Gasteiger charge is 2.39. The van der Waals surface area contributed by atoms with Crippen molar-refractivity contribution >= 4 is 41.7 Å². The number of likely N-dealkylation sites (N-methyl/N-ethyl adjacent to an activating group) is 1. The van der Waals surface area contributed by atoms with Crippen LogP contribution in [0.1, 0.15) is 132 Å². The van der Waals surface area contributed by atoms with E-state index in [0.29, 0.717) is 25.7 Å². The van der Waals surface area contributed by atoms with Crippen LogP contribution in [0, 0.1) is 17.8 Å². The number of hydrogen-bond donors (Lipinski definition) is 6. The van der Waals surface area contributed by atoms with E-state index >= 15 is 0 Å². The largest absolute Gasteiger partial charge is 0.445 e. The number of alkyl carbamates (subject to hydrolysis) is 2. The Kier molecular flexibility index (Phi) is 22.3. The molecule has 6 N–H and O–H groups in total. The first-order valence-electron chi connectivity index (χ1n) is 23.3. The van der Waals surface area contributed by atoms with Gasteiger partial charge < -0.3 is 51.0 Å². The molecule has 1 saturated heterocycles. The predicted octanol–water partition coefficient (Wildman–Crippen LogP) is 4.86. The van der Waals surface area contributed by atoms with Crippen LogP contribution in [0.25, 0.3) is 0 Å². The van der Waals surface area contributed by atoms with Crippen molar-refractivity contribution in [2.75, 3.05) is 26.7 Å². The molecule has 1 aliphatic carbocycles. The van der Waals surface area contributed by atoms with Gasteiger partial charge >= 0.3 is 12.2 Å². The predicted molar refractivity (Wildman–Crippen MR) is 243 cm³/mol. The van der Waals surface area contributed by atoms with Crippen molar-refractivity contribution in [3.8, 4) is 0 Å². The normalized spacial score (nSPS) is 25.1. The SMILES string of the molecule is CCCCCC[C@H]1OC[C@@H](C)NC(=O)[C@H](CNC(=O)OC(C)(C)C)NC(=O)[C@H](CNC(=O)OCc2ccccc2)NC(=O)[C@H](C2CCCCC2)NC(=O)[C@H](CC(C)C)N(C)C(=O)[C@@H]1C. The van der Waals surface area contributed by atoms with Crippen molar-refractivity contribution < 1.29 is 47.8 Å².